The maximum absolute atomic E-state index is 6.12. The lowest BCUT2D eigenvalue weighted by Gasteiger charge is -2.21. The van der Waals surface area contributed by atoms with Gasteiger partial charge in [0, 0.05) is 37.1 Å². The molecule has 4 nitrogen and oxygen atoms in total. The van der Waals surface area contributed by atoms with Crippen LogP contribution in [0.3, 0.4) is 0 Å². The van der Waals surface area contributed by atoms with Crippen molar-refractivity contribution < 1.29 is 4.42 Å². The van der Waals surface area contributed by atoms with Crippen LogP contribution in [0, 0.1) is 6.92 Å². The van der Waals surface area contributed by atoms with Gasteiger partial charge in [-0.05, 0) is 43.2 Å². The number of nitrogens with zero attached hydrogens (tertiary/aromatic N) is 3. The molecule has 2 heterocycles. The Morgan fingerprint density at radius 1 is 1.21 bits per heavy atom. The van der Waals surface area contributed by atoms with Crippen molar-refractivity contribution in [1.29, 1.82) is 0 Å². The van der Waals surface area contributed by atoms with Gasteiger partial charge in [-0.1, -0.05) is 23.7 Å². The first kappa shape index (κ1) is 16.8. The Morgan fingerprint density at radius 2 is 2.12 bits per heavy atom. The second-order valence-corrected chi connectivity index (χ2v) is 6.44. The molecule has 0 amide bonds. The van der Waals surface area contributed by atoms with E-state index in [9.17, 15) is 0 Å². The zero-order valence-corrected chi connectivity index (χ0v) is 14.6. The van der Waals surface area contributed by atoms with Crippen LogP contribution in [-0.4, -0.2) is 21.0 Å². The lowest BCUT2D eigenvalue weighted by atomic mass is 10.2. The predicted octanol–water partition coefficient (Wildman–Crippen LogP) is 4.53. The minimum Gasteiger partial charge on any atom is -0.465 e. The molecule has 0 aliphatic heterocycles. The van der Waals surface area contributed by atoms with Crippen LogP contribution in [0.15, 0.2) is 59.5 Å². The summed E-state index contributed by atoms with van der Waals surface area (Å²) >= 11 is 6.12. The number of benzene rings is 1. The summed E-state index contributed by atoms with van der Waals surface area (Å²) < 4.78 is 7.85. The second-order valence-electron chi connectivity index (χ2n) is 6.01. The molecule has 0 N–H and O–H groups in total. The van der Waals surface area contributed by atoms with Crippen LogP contribution >= 0.6 is 11.6 Å². The maximum Gasteiger partial charge on any atom is 0.118 e. The van der Waals surface area contributed by atoms with Crippen molar-refractivity contribution in [2.45, 2.75) is 33.0 Å². The SMILES string of the molecule is Cc1ccc(CN(CCCn2ccnc2)Cc2cccc(Cl)c2)o1. The molecule has 3 aromatic rings. The van der Waals surface area contributed by atoms with Crippen molar-refractivity contribution in [3.63, 3.8) is 0 Å². The van der Waals surface area contributed by atoms with Gasteiger partial charge in [0.15, 0.2) is 0 Å². The third-order valence-corrected chi connectivity index (χ3v) is 4.16. The van der Waals surface area contributed by atoms with Crippen molar-refractivity contribution in [2.24, 2.45) is 0 Å². The number of hydrogen-bond donors (Lipinski definition) is 0. The Bertz CT molecular complexity index is 752. The largest absolute Gasteiger partial charge is 0.465 e. The number of aryl methyl sites for hydroxylation is 2. The highest BCUT2D eigenvalue weighted by molar-refractivity contribution is 6.30. The molecule has 0 saturated carbocycles. The Labute approximate surface area is 147 Å². The Balaban J connectivity index is 1.62. The average molecular weight is 344 g/mol. The quantitative estimate of drug-likeness (QED) is 0.602. The van der Waals surface area contributed by atoms with E-state index in [1.165, 1.54) is 5.56 Å². The molecule has 3 rings (SSSR count). The molecule has 126 valence electrons. The van der Waals surface area contributed by atoms with Gasteiger partial charge in [0.1, 0.15) is 11.5 Å². The molecular formula is C19H22ClN3O. The number of imidazole rings is 1. The van der Waals surface area contributed by atoms with Crippen LogP contribution in [0.1, 0.15) is 23.5 Å². The van der Waals surface area contributed by atoms with Crippen LogP contribution in [0.25, 0.3) is 0 Å². The van der Waals surface area contributed by atoms with E-state index >= 15 is 0 Å². The lowest BCUT2D eigenvalue weighted by Crippen LogP contribution is -2.24. The van der Waals surface area contributed by atoms with Crippen LogP contribution in [0.2, 0.25) is 5.02 Å². The minimum atomic E-state index is 0.778. The second kappa shape index (κ2) is 8.18. The number of halogens is 1. The van der Waals surface area contributed by atoms with Gasteiger partial charge in [0.05, 0.1) is 12.9 Å². The summed E-state index contributed by atoms with van der Waals surface area (Å²) in [5.41, 5.74) is 1.22. The van der Waals surface area contributed by atoms with E-state index in [-0.39, 0.29) is 0 Å². The summed E-state index contributed by atoms with van der Waals surface area (Å²) in [7, 11) is 0. The Kier molecular flexibility index (Phi) is 5.72. The molecule has 5 heteroatoms. The van der Waals surface area contributed by atoms with Crippen molar-refractivity contribution in [3.8, 4) is 0 Å². The summed E-state index contributed by atoms with van der Waals surface area (Å²) in [6, 6.07) is 12.1. The molecule has 0 unspecified atom stereocenters. The van der Waals surface area contributed by atoms with E-state index in [2.05, 4.69) is 26.6 Å². The molecule has 0 spiro atoms. The third-order valence-electron chi connectivity index (χ3n) is 3.92. The van der Waals surface area contributed by atoms with E-state index in [0.29, 0.717) is 0 Å². The fourth-order valence-corrected chi connectivity index (χ4v) is 3.01. The van der Waals surface area contributed by atoms with E-state index < -0.39 is 0 Å². The molecule has 0 saturated heterocycles. The monoisotopic (exact) mass is 343 g/mol. The van der Waals surface area contributed by atoms with Crippen LogP contribution in [0.4, 0.5) is 0 Å². The molecule has 2 aromatic heterocycles. The average Bonchev–Trinajstić information content (AvgIpc) is 3.19. The molecule has 24 heavy (non-hydrogen) atoms. The van der Waals surface area contributed by atoms with E-state index in [1.54, 1.807) is 0 Å². The van der Waals surface area contributed by atoms with Gasteiger partial charge in [-0.3, -0.25) is 4.90 Å². The van der Waals surface area contributed by atoms with Gasteiger partial charge < -0.3 is 8.98 Å². The van der Waals surface area contributed by atoms with Gasteiger partial charge in [-0.15, -0.1) is 0 Å². The highest BCUT2D eigenvalue weighted by atomic mass is 35.5. The standard InChI is InChI=1S/C19H22ClN3O/c1-16-6-7-19(24-16)14-23(10-3-9-22-11-8-21-15-22)13-17-4-2-5-18(20)12-17/h2,4-8,11-12,15H,3,9-10,13-14H2,1H3. The Morgan fingerprint density at radius 3 is 2.83 bits per heavy atom. The summed E-state index contributed by atoms with van der Waals surface area (Å²) in [5, 5.41) is 0.778. The topological polar surface area (TPSA) is 34.2 Å². The van der Waals surface area contributed by atoms with Gasteiger partial charge in [0.2, 0.25) is 0 Å². The van der Waals surface area contributed by atoms with Gasteiger partial charge >= 0.3 is 0 Å². The molecule has 0 fully saturated rings. The molecule has 0 atom stereocenters. The fourth-order valence-electron chi connectivity index (χ4n) is 2.79. The minimum absolute atomic E-state index is 0.778. The molecule has 0 aliphatic rings. The maximum atomic E-state index is 6.12. The summed E-state index contributed by atoms with van der Waals surface area (Å²) in [6.07, 6.45) is 6.72. The Hall–Kier alpha value is -2.04. The van der Waals surface area contributed by atoms with Gasteiger partial charge in [-0.2, -0.15) is 0 Å². The van der Waals surface area contributed by atoms with Crippen molar-refractivity contribution in [1.82, 2.24) is 14.5 Å². The van der Waals surface area contributed by atoms with E-state index in [0.717, 1.165) is 49.1 Å². The normalized spacial score (nSPS) is 11.3. The zero-order valence-electron chi connectivity index (χ0n) is 13.9. The van der Waals surface area contributed by atoms with Crippen molar-refractivity contribution in [3.05, 3.63) is 77.2 Å². The smallest absolute Gasteiger partial charge is 0.118 e. The summed E-state index contributed by atoms with van der Waals surface area (Å²) in [5.74, 6) is 1.95. The fraction of sp³-hybridized carbons (Fsp3) is 0.316. The first-order valence-corrected chi connectivity index (χ1v) is 8.55. The van der Waals surface area contributed by atoms with Crippen LogP contribution < -0.4 is 0 Å². The number of aromatic nitrogens is 2. The first-order chi connectivity index (χ1) is 11.7. The molecule has 1 aromatic carbocycles. The van der Waals surface area contributed by atoms with Crippen LogP contribution in [0.5, 0.6) is 0 Å². The predicted molar refractivity (Wildman–Crippen MR) is 95.9 cm³/mol. The molecule has 0 radical (unpaired) electrons. The highest BCUT2D eigenvalue weighted by Gasteiger charge is 2.10. The van der Waals surface area contributed by atoms with E-state index in [4.69, 9.17) is 16.0 Å². The molecular weight excluding hydrogens is 322 g/mol. The molecule has 0 aliphatic carbocycles. The summed E-state index contributed by atoms with van der Waals surface area (Å²) in [4.78, 5) is 6.48. The number of furan rings is 1. The number of hydrogen-bond acceptors (Lipinski definition) is 3. The third kappa shape index (κ3) is 4.98. The lowest BCUT2D eigenvalue weighted by molar-refractivity contribution is 0.227. The van der Waals surface area contributed by atoms with E-state index in [1.807, 2.05) is 49.9 Å². The number of rotatable bonds is 8. The zero-order chi connectivity index (χ0) is 16.8. The van der Waals surface area contributed by atoms with Crippen LogP contribution in [-0.2, 0) is 19.6 Å². The summed E-state index contributed by atoms with van der Waals surface area (Å²) in [6.45, 7) is 5.56. The van der Waals surface area contributed by atoms with Crippen molar-refractivity contribution in [2.75, 3.05) is 6.54 Å². The molecule has 0 bridgehead atoms. The highest BCUT2D eigenvalue weighted by Crippen LogP contribution is 2.16. The van der Waals surface area contributed by atoms with Crippen molar-refractivity contribution >= 4 is 11.6 Å². The first-order valence-electron chi connectivity index (χ1n) is 8.17. The van der Waals surface area contributed by atoms with Gasteiger partial charge in [-0.25, -0.2) is 4.98 Å². The van der Waals surface area contributed by atoms with Gasteiger partial charge in [0.25, 0.3) is 0 Å².